The van der Waals surface area contributed by atoms with E-state index in [2.05, 4.69) is 16.1 Å². The lowest BCUT2D eigenvalue weighted by Gasteiger charge is -2.04. The lowest BCUT2D eigenvalue weighted by molar-refractivity contribution is 0.439. The molecule has 1 N–H and O–H groups in total. The van der Waals surface area contributed by atoms with E-state index in [1.165, 1.54) is 11.3 Å². The molecule has 4 rings (SSSR count). The predicted molar refractivity (Wildman–Crippen MR) is 96.6 cm³/mol. The van der Waals surface area contributed by atoms with Crippen LogP contribution in [0.25, 0.3) is 17.8 Å². The fourth-order valence-electron chi connectivity index (χ4n) is 2.70. The number of fused-ring (bicyclic) bond motifs is 1. The molecule has 3 aromatic rings. The van der Waals surface area contributed by atoms with Crippen molar-refractivity contribution in [3.63, 3.8) is 0 Å². The zero-order valence-electron chi connectivity index (χ0n) is 13.0. The fourth-order valence-corrected chi connectivity index (χ4v) is 3.65. The summed E-state index contributed by atoms with van der Waals surface area (Å²) in [4.78, 5) is 10.1. The molecule has 1 aliphatic heterocycles. The highest BCUT2D eigenvalue weighted by atomic mass is 32.1. The molecule has 0 atom stereocenters. The van der Waals surface area contributed by atoms with Crippen molar-refractivity contribution in [2.24, 2.45) is 9.98 Å². The maximum absolute atomic E-state index is 10.7. The molecule has 0 aliphatic carbocycles. The summed E-state index contributed by atoms with van der Waals surface area (Å²) in [6.45, 7) is 0. The number of aromatic nitrogens is 1. The summed E-state index contributed by atoms with van der Waals surface area (Å²) < 4.78 is 1.76. The number of hydrogen-bond acceptors (Lipinski definition) is 4. The SMILES string of the molecule is CN=c1sc(C=c2ccc3c(c2)C=CN=3)c(O)n1-c1ccccc1. The average Bonchev–Trinajstić information content (AvgIpc) is 3.20. The lowest BCUT2D eigenvalue weighted by Crippen LogP contribution is -2.11. The van der Waals surface area contributed by atoms with Gasteiger partial charge in [-0.15, -0.1) is 0 Å². The molecule has 0 saturated heterocycles. The fraction of sp³-hybridized carbons (Fsp3) is 0.0526. The molecule has 1 aromatic heterocycles. The van der Waals surface area contributed by atoms with E-state index in [9.17, 15) is 5.11 Å². The van der Waals surface area contributed by atoms with E-state index in [4.69, 9.17) is 0 Å². The van der Waals surface area contributed by atoms with Crippen LogP contribution in [0.3, 0.4) is 0 Å². The molecule has 24 heavy (non-hydrogen) atoms. The van der Waals surface area contributed by atoms with Gasteiger partial charge in [-0.1, -0.05) is 35.6 Å². The quantitative estimate of drug-likeness (QED) is 0.768. The first kappa shape index (κ1) is 14.7. The van der Waals surface area contributed by atoms with Crippen molar-refractivity contribution in [1.82, 2.24) is 4.57 Å². The van der Waals surface area contributed by atoms with E-state index in [1.54, 1.807) is 17.8 Å². The molecule has 118 valence electrons. The van der Waals surface area contributed by atoms with Crippen LogP contribution in [0, 0.1) is 0 Å². The summed E-state index contributed by atoms with van der Waals surface area (Å²) in [6.07, 6.45) is 5.76. The summed E-state index contributed by atoms with van der Waals surface area (Å²) in [5, 5.41) is 12.7. The van der Waals surface area contributed by atoms with Crippen molar-refractivity contribution < 1.29 is 5.11 Å². The molecule has 1 aliphatic rings. The molecule has 2 aromatic carbocycles. The second-order valence-electron chi connectivity index (χ2n) is 5.37. The molecule has 5 heteroatoms. The number of thiazole rings is 1. The minimum atomic E-state index is 0.201. The van der Waals surface area contributed by atoms with E-state index in [0.29, 0.717) is 0 Å². The van der Waals surface area contributed by atoms with Gasteiger partial charge in [-0.3, -0.25) is 14.6 Å². The monoisotopic (exact) mass is 333 g/mol. The van der Waals surface area contributed by atoms with Crippen LogP contribution in [0.2, 0.25) is 0 Å². The van der Waals surface area contributed by atoms with Gasteiger partial charge in [0.25, 0.3) is 0 Å². The van der Waals surface area contributed by atoms with Gasteiger partial charge in [0, 0.05) is 18.8 Å². The summed E-state index contributed by atoms with van der Waals surface area (Å²) >= 11 is 1.46. The van der Waals surface area contributed by atoms with Crippen LogP contribution in [0.5, 0.6) is 5.88 Å². The molecule has 0 amide bonds. The van der Waals surface area contributed by atoms with Crippen molar-refractivity contribution >= 4 is 23.5 Å². The molecule has 0 unspecified atom stereocenters. The number of nitrogens with zero attached hydrogens (tertiary/aromatic N) is 3. The predicted octanol–water partition coefficient (Wildman–Crippen LogP) is 2.21. The van der Waals surface area contributed by atoms with Crippen molar-refractivity contribution in [2.45, 2.75) is 0 Å². The summed E-state index contributed by atoms with van der Waals surface area (Å²) in [5.74, 6) is 0.201. The van der Waals surface area contributed by atoms with Gasteiger partial charge in [-0.25, -0.2) is 0 Å². The van der Waals surface area contributed by atoms with Crippen LogP contribution < -0.4 is 15.4 Å². The van der Waals surface area contributed by atoms with Crippen LogP contribution in [-0.4, -0.2) is 16.7 Å². The minimum absolute atomic E-state index is 0.201. The van der Waals surface area contributed by atoms with Crippen LogP contribution >= 0.6 is 11.3 Å². The Kier molecular flexibility index (Phi) is 3.63. The highest BCUT2D eigenvalue weighted by molar-refractivity contribution is 7.10. The van der Waals surface area contributed by atoms with Gasteiger partial charge in [-0.2, -0.15) is 0 Å². The van der Waals surface area contributed by atoms with Crippen LogP contribution in [0.1, 0.15) is 10.4 Å². The molecule has 0 fully saturated rings. The van der Waals surface area contributed by atoms with Crippen molar-refractivity contribution in [1.29, 1.82) is 0 Å². The third-order valence-corrected chi connectivity index (χ3v) is 4.92. The molecule has 0 saturated carbocycles. The first-order valence-electron chi connectivity index (χ1n) is 7.55. The Labute approximate surface area is 142 Å². The Balaban J connectivity index is 1.89. The largest absolute Gasteiger partial charge is 0.493 e. The van der Waals surface area contributed by atoms with Gasteiger partial charge in [-0.05, 0) is 41.6 Å². The van der Waals surface area contributed by atoms with E-state index >= 15 is 0 Å². The molecule has 4 nitrogen and oxygen atoms in total. The molecule has 0 bridgehead atoms. The Morgan fingerprint density at radius 1 is 1.17 bits per heavy atom. The van der Waals surface area contributed by atoms with E-state index in [0.717, 1.165) is 31.5 Å². The van der Waals surface area contributed by atoms with Crippen molar-refractivity contribution in [2.75, 3.05) is 7.05 Å². The van der Waals surface area contributed by atoms with Crippen LogP contribution in [0.15, 0.2) is 64.7 Å². The van der Waals surface area contributed by atoms with Crippen molar-refractivity contribution in [3.8, 4) is 11.6 Å². The number of rotatable bonds is 2. The minimum Gasteiger partial charge on any atom is -0.493 e. The molecular weight excluding hydrogens is 318 g/mol. The Morgan fingerprint density at radius 3 is 2.79 bits per heavy atom. The van der Waals surface area contributed by atoms with E-state index in [-0.39, 0.29) is 5.88 Å². The number of benzene rings is 2. The maximum atomic E-state index is 10.7. The van der Waals surface area contributed by atoms with Gasteiger partial charge in [0.1, 0.15) is 0 Å². The zero-order valence-corrected chi connectivity index (χ0v) is 13.9. The molecule has 0 spiro atoms. The van der Waals surface area contributed by atoms with E-state index < -0.39 is 0 Å². The number of para-hydroxylation sites is 1. The first-order valence-corrected chi connectivity index (χ1v) is 8.37. The van der Waals surface area contributed by atoms with Crippen LogP contribution in [-0.2, 0) is 0 Å². The summed E-state index contributed by atoms with van der Waals surface area (Å²) in [7, 11) is 1.73. The smallest absolute Gasteiger partial charge is 0.215 e. The number of hydrogen-bond donors (Lipinski definition) is 1. The molecular formula is C19H15N3OS. The summed E-state index contributed by atoms with van der Waals surface area (Å²) in [5.41, 5.74) is 1.98. The first-order chi connectivity index (χ1) is 11.8. The highest BCUT2D eigenvalue weighted by Crippen LogP contribution is 2.24. The average molecular weight is 333 g/mol. The van der Waals surface area contributed by atoms with Crippen LogP contribution in [0.4, 0.5) is 0 Å². The standard InChI is InChI=1S/C19H15N3OS/c1-20-19-22(15-5-3-2-4-6-15)18(23)17(24-19)12-13-7-8-16-14(11-13)9-10-21-16/h2-12,23H,1H3. The van der Waals surface area contributed by atoms with Crippen molar-refractivity contribution in [3.05, 3.63) is 80.5 Å². The van der Waals surface area contributed by atoms with Gasteiger partial charge in [0.05, 0.1) is 15.9 Å². The topological polar surface area (TPSA) is 49.9 Å². The third-order valence-electron chi connectivity index (χ3n) is 3.85. The Hall–Kier alpha value is -2.92. The van der Waals surface area contributed by atoms with Gasteiger partial charge < -0.3 is 5.11 Å². The second kappa shape index (κ2) is 5.94. The van der Waals surface area contributed by atoms with Gasteiger partial charge >= 0.3 is 0 Å². The lowest BCUT2D eigenvalue weighted by atomic mass is 10.2. The zero-order chi connectivity index (χ0) is 16.5. The Bertz CT molecular complexity index is 1120. The van der Waals surface area contributed by atoms with E-state index in [1.807, 2.05) is 54.6 Å². The second-order valence-corrected chi connectivity index (χ2v) is 6.38. The normalized spacial score (nSPS) is 14.0. The molecule has 0 radical (unpaired) electrons. The third kappa shape index (κ3) is 2.49. The highest BCUT2D eigenvalue weighted by Gasteiger charge is 2.12. The number of aromatic hydroxyl groups is 1. The van der Waals surface area contributed by atoms with Gasteiger partial charge in [0.2, 0.25) is 5.88 Å². The Morgan fingerprint density at radius 2 is 2.00 bits per heavy atom. The maximum Gasteiger partial charge on any atom is 0.215 e. The molecule has 2 heterocycles. The van der Waals surface area contributed by atoms with Gasteiger partial charge in [0.15, 0.2) is 4.80 Å². The summed E-state index contributed by atoms with van der Waals surface area (Å²) in [6, 6.07) is 15.8.